The number of nitrogens with zero attached hydrogens (tertiary/aromatic N) is 1. The molecule has 9 heteroatoms. The molecule has 0 aliphatic carbocycles. The average Bonchev–Trinajstić information content (AvgIpc) is 3.14. The molecule has 0 saturated carbocycles. The van der Waals surface area contributed by atoms with Crippen molar-refractivity contribution >= 4 is 16.0 Å². The zero-order valence-corrected chi connectivity index (χ0v) is 15.1. The molecule has 2 aliphatic rings. The molecule has 0 amide bonds. The summed E-state index contributed by atoms with van der Waals surface area (Å²) in [6, 6.07) is 3.53. The number of halogens is 1. The van der Waals surface area contributed by atoms with Gasteiger partial charge in [0.1, 0.15) is 0 Å². The van der Waals surface area contributed by atoms with Crippen LogP contribution in [0.1, 0.15) is 19.3 Å². The highest BCUT2D eigenvalue weighted by molar-refractivity contribution is 7.89. The molecule has 0 radical (unpaired) electrons. The van der Waals surface area contributed by atoms with Crippen molar-refractivity contribution in [1.29, 1.82) is 0 Å². The molecule has 144 valence electrons. The smallest absolute Gasteiger partial charge is 0.307 e. The number of ether oxygens (including phenoxy) is 2. The Morgan fingerprint density at radius 3 is 2.85 bits per heavy atom. The van der Waals surface area contributed by atoms with Gasteiger partial charge in [0.15, 0.2) is 11.6 Å². The van der Waals surface area contributed by atoms with Gasteiger partial charge in [-0.3, -0.25) is 4.79 Å². The van der Waals surface area contributed by atoms with Gasteiger partial charge < -0.3 is 14.6 Å². The summed E-state index contributed by atoms with van der Waals surface area (Å²) in [7, 11) is -3.94. The zero-order chi connectivity index (χ0) is 18.7. The van der Waals surface area contributed by atoms with E-state index in [0.717, 1.165) is 16.8 Å². The Bertz CT molecular complexity index is 763. The Morgan fingerprint density at radius 1 is 1.38 bits per heavy atom. The van der Waals surface area contributed by atoms with E-state index in [1.54, 1.807) is 0 Å². The number of carboxylic acids is 1. The lowest BCUT2D eigenvalue weighted by Crippen LogP contribution is -2.42. The van der Waals surface area contributed by atoms with Crippen LogP contribution in [0.4, 0.5) is 4.39 Å². The number of hydrogen-bond acceptors (Lipinski definition) is 5. The summed E-state index contributed by atoms with van der Waals surface area (Å²) in [4.78, 5) is 10.9. The van der Waals surface area contributed by atoms with Gasteiger partial charge in [-0.25, -0.2) is 12.8 Å². The van der Waals surface area contributed by atoms with Crippen LogP contribution in [0.5, 0.6) is 5.75 Å². The van der Waals surface area contributed by atoms with Crippen molar-refractivity contribution in [1.82, 2.24) is 4.31 Å². The number of piperidine rings is 1. The summed E-state index contributed by atoms with van der Waals surface area (Å²) < 4.78 is 51.5. The van der Waals surface area contributed by atoms with E-state index < -0.39 is 27.7 Å². The van der Waals surface area contributed by atoms with Crippen molar-refractivity contribution in [2.45, 2.75) is 24.2 Å². The van der Waals surface area contributed by atoms with E-state index >= 15 is 0 Å². The van der Waals surface area contributed by atoms with Crippen LogP contribution in [0.15, 0.2) is 23.1 Å². The largest absolute Gasteiger partial charge is 0.490 e. The second-order valence-corrected chi connectivity index (χ2v) is 8.61. The highest BCUT2D eigenvalue weighted by Gasteiger charge is 2.33. The van der Waals surface area contributed by atoms with Gasteiger partial charge in [-0.2, -0.15) is 4.31 Å². The van der Waals surface area contributed by atoms with Gasteiger partial charge in [-0.1, -0.05) is 0 Å². The number of carbonyl (C=O) groups is 1. The second-order valence-electron chi connectivity index (χ2n) is 6.67. The van der Waals surface area contributed by atoms with Crippen LogP contribution in [-0.4, -0.2) is 56.7 Å². The van der Waals surface area contributed by atoms with Gasteiger partial charge in [0.25, 0.3) is 0 Å². The zero-order valence-electron chi connectivity index (χ0n) is 14.3. The molecule has 0 bridgehead atoms. The second kappa shape index (κ2) is 7.89. The number of sulfonamides is 1. The van der Waals surface area contributed by atoms with Crippen LogP contribution in [0.3, 0.4) is 0 Å². The summed E-state index contributed by atoms with van der Waals surface area (Å²) in [5, 5.41) is 9.11. The minimum Gasteiger partial charge on any atom is -0.490 e. The predicted octanol–water partition coefficient (Wildman–Crippen LogP) is 1.73. The first-order chi connectivity index (χ1) is 12.4. The van der Waals surface area contributed by atoms with Crippen LogP contribution >= 0.6 is 0 Å². The maximum absolute atomic E-state index is 14.3. The quantitative estimate of drug-likeness (QED) is 0.799. The van der Waals surface area contributed by atoms with Crippen LogP contribution in [0.25, 0.3) is 0 Å². The van der Waals surface area contributed by atoms with Crippen molar-refractivity contribution in [3.8, 4) is 5.75 Å². The molecular formula is C17H22FNO6S. The van der Waals surface area contributed by atoms with E-state index in [2.05, 4.69) is 0 Å². The van der Waals surface area contributed by atoms with Gasteiger partial charge in [0.2, 0.25) is 10.0 Å². The molecule has 2 unspecified atom stereocenters. The molecule has 2 heterocycles. The number of benzene rings is 1. The lowest BCUT2D eigenvalue weighted by Gasteiger charge is -2.29. The third-order valence-corrected chi connectivity index (χ3v) is 6.63. The lowest BCUT2D eigenvalue weighted by molar-refractivity contribution is -0.142. The number of carboxylic acid groups (broad SMARTS) is 1. The first-order valence-corrected chi connectivity index (χ1v) is 10.0. The molecule has 0 aromatic heterocycles. The maximum Gasteiger partial charge on any atom is 0.307 e. The van der Waals surface area contributed by atoms with Gasteiger partial charge in [0, 0.05) is 25.6 Å². The van der Waals surface area contributed by atoms with Gasteiger partial charge in [-0.15, -0.1) is 0 Å². The molecule has 2 saturated heterocycles. The van der Waals surface area contributed by atoms with Crippen molar-refractivity contribution in [3.63, 3.8) is 0 Å². The number of aliphatic carboxylic acids is 1. The fraction of sp³-hybridized carbons (Fsp3) is 0.588. The van der Waals surface area contributed by atoms with Crippen molar-refractivity contribution in [3.05, 3.63) is 24.0 Å². The Hall–Kier alpha value is -1.71. The molecule has 1 aromatic rings. The normalized spacial score (nSPS) is 24.5. The first-order valence-electron chi connectivity index (χ1n) is 8.61. The summed E-state index contributed by atoms with van der Waals surface area (Å²) in [5.74, 6) is -2.30. The summed E-state index contributed by atoms with van der Waals surface area (Å²) in [6.45, 7) is 1.69. The minimum atomic E-state index is -3.94. The molecular weight excluding hydrogens is 365 g/mol. The molecule has 0 spiro atoms. The topological polar surface area (TPSA) is 93.1 Å². The summed E-state index contributed by atoms with van der Waals surface area (Å²) in [5.41, 5.74) is 0. The highest BCUT2D eigenvalue weighted by Crippen LogP contribution is 2.27. The van der Waals surface area contributed by atoms with Gasteiger partial charge in [-0.05, 0) is 37.5 Å². The number of hydrogen-bond donors (Lipinski definition) is 1. The maximum atomic E-state index is 14.3. The molecule has 2 fully saturated rings. The Kier molecular flexibility index (Phi) is 5.79. The monoisotopic (exact) mass is 387 g/mol. The van der Waals surface area contributed by atoms with E-state index in [-0.39, 0.29) is 29.7 Å². The minimum absolute atomic E-state index is 0.00194. The molecule has 2 atom stereocenters. The van der Waals surface area contributed by atoms with Crippen LogP contribution < -0.4 is 4.74 Å². The average molecular weight is 387 g/mol. The fourth-order valence-electron chi connectivity index (χ4n) is 3.19. The number of rotatable bonds is 6. The molecule has 7 nitrogen and oxygen atoms in total. The van der Waals surface area contributed by atoms with Crippen LogP contribution in [-0.2, 0) is 19.6 Å². The van der Waals surface area contributed by atoms with E-state index in [9.17, 15) is 17.6 Å². The van der Waals surface area contributed by atoms with Crippen LogP contribution in [0.2, 0.25) is 0 Å². The fourth-order valence-corrected chi connectivity index (χ4v) is 4.73. The van der Waals surface area contributed by atoms with Crippen molar-refractivity contribution < 1.29 is 32.2 Å². The predicted molar refractivity (Wildman–Crippen MR) is 89.9 cm³/mol. The molecule has 3 rings (SSSR count). The lowest BCUT2D eigenvalue weighted by atomic mass is 10.0. The molecule has 2 aliphatic heterocycles. The SMILES string of the molecule is O=C(O)C1CCCN(S(=O)(=O)c2ccc(OCC3CCOC3)c(F)c2)C1. The Balaban J connectivity index is 1.71. The summed E-state index contributed by atoms with van der Waals surface area (Å²) >= 11 is 0. The van der Waals surface area contributed by atoms with E-state index in [0.29, 0.717) is 32.7 Å². The highest BCUT2D eigenvalue weighted by atomic mass is 32.2. The van der Waals surface area contributed by atoms with Gasteiger partial charge >= 0.3 is 5.97 Å². The summed E-state index contributed by atoms with van der Waals surface area (Å²) in [6.07, 6.45) is 1.75. The van der Waals surface area contributed by atoms with Gasteiger partial charge in [0.05, 0.1) is 24.0 Å². The van der Waals surface area contributed by atoms with E-state index in [4.69, 9.17) is 14.6 Å². The molecule has 1 N–H and O–H groups in total. The van der Waals surface area contributed by atoms with E-state index in [1.165, 1.54) is 12.1 Å². The first kappa shape index (κ1) is 19.1. The van der Waals surface area contributed by atoms with Crippen molar-refractivity contribution in [2.24, 2.45) is 11.8 Å². The standard InChI is InChI=1S/C17H22FNO6S/c18-15-8-14(3-4-16(15)25-11-12-5-7-24-10-12)26(22,23)19-6-1-2-13(9-19)17(20)21/h3-4,8,12-13H,1-2,5-7,9-11H2,(H,20,21). The Morgan fingerprint density at radius 2 is 2.19 bits per heavy atom. The van der Waals surface area contributed by atoms with Crippen LogP contribution in [0, 0.1) is 17.7 Å². The molecule has 1 aromatic carbocycles. The third kappa shape index (κ3) is 4.16. The van der Waals surface area contributed by atoms with Crippen molar-refractivity contribution in [2.75, 3.05) is 32.9 Å². The van der Waals surface area contributed by atoms with E-state index in [1.807, 2.05) is 0 Å². The Labute approximate surface area is 151 Å². The third-order valence-electron chi connectivity index (χ3n) is 4.77. The molecule has 26 heavy (non-hydrogen) atoms.